The highest BCUT2D eigenvalue weighted by molar-refractivity contribution is 5.82. The van der Waals surface area contributed by atoms with Gasteiger partial charge in [0, 0.05) is 6.42 Å². The van der Waals surface area contributed by atoms with Gasteiger partial charge < -0.3 is 10.5 Å². The van der Waals surface area contributed by atoms with Crippen molar-refractivity contribution >= 4 is 5.84 Å². The van der Waals surface area contributed by atoms with E-state index < -0.39 is 0 Å². The number of amidine groups is 1. The third kappa shape index (κ3) is 2.35. The second-order valence-corrected chi connectivity index (χ2v) is 4.42. The molecule has 0 amide bonds. The van der Waals surface area contributed by atoms with Gasteiger partial charge in [-0.3, -0.25) is 4.99 Å². The van der Waals surface area contributed by atoms with E-state index in [1.54, 1.807) is 7.11 Å². The number of aliphatic imine (C=N–C) groups is 1. The molecule has 1 heterocycles. The van der Waals surface area contributed by atoms with Crippen molar-refractivity contribution in [2.45, 2.75) is 25.8 Å². The third-order valence-corrected chi connectivity index (χ3v) is 3.12. The predicted octanol–water partition coefficient (Wildman–Crippen LogP) is 2.00. The summed E-state index contributed by atoms with van der Waals surface area (Å²) in [6.45, 7) is 2.21. The first-order chi connectivity index (χ1) is 7.69. The zero-order valence-electron chi connectivity index (χ0n) is 9.81. The van der Waals surface area contributed by atoms with E-state index in [1.807, 2.05) is 12.1 Å². The zero-order chi connectivity index (χ0) is 11.5. The molecule has 3 nitrogen and oxygen atoms in total. The lowest BCUT2D eigenvalue weighted by molar-refractivity contribution is 0.414. The zero-order valence-corrected chi connectivity index (χ0v) is 9.81. The first kappa shape index (κ1) is 11.0. The average molecular weight is 218 g/mol. The predicted molar refractivity (Wildman–Crippen MR) is 65.9 cm³/mol. The highest BCUT2D eigenvalue weighted by Gasteiger charge is 2.23. The molecule has 2 rings (SSSR count). The molecule has 1 aliphatic rings. The molecule has 0 saturated heterocycles. The molecule has 3 heteroatoms. The Morgan fingerprint density at radius 3 is 2.56 bits per heavy atom. The quantitative estimate of drug-likeness (QED) is 0.843. The van der Waals surface area contributed by atoms with Gasteiger partial charge in [0.2, 0.25) is 0 Å². The van der Waals surface area contributed by atoms with Crippen LogP contribution in [0.5, 0.6) is 5.75 Å². The van der Waals surface area contributed by atoms with Crippen molar-refractivity contribution in [1.82, 2.24) is 0 Å². The van der Waals surface area contributed by atoms with Crippen LogP contribution in [0.25, 0.3) is 0 Å². The van der Waals surface area contributed by atoms with Gasteiger partial charge >= 0.3 is 0 Å². The molecule has 0 saturated carbocycles. The normalized spacial score (nSPS) is 24.2. The highest BCUT2D eigenvalue weighted by Crippen LogP contribution is 2.23. The van der Waals surface area contributed by atoms with Crippen molar-refractivity contribution in [3.8, 4) is 5.75 Å². The molecule has 1 aromatic carbocycles. The average Bonchev–Trinajstić information content (AvgIpc) is 2.59. The van der Waals surface area contributed by atoms with E-state index in [9.17, 15) is 0 Å². The fourth-order valence-electron chi connectivity index (χ4n) is 2.11. The lowest BCUT2D eigenvalue weighted by Crippen LogP contribution is -2.13. The summed E-state index contributed by atoms with van der Waals surface area (Å²) in [5, 5.41) is 0. The van der Waals surface area contributed by atoms with Gasteiger partial charge in [0.15, 0.2) is 0 Å². The molecule has 0 fully saturated rings. The molecule has 1 aromatic rings. The largest absolute Gasteiger partial charge is 0.497 e. The number of rotatable bonds is 3. The monoisotopic (exact) mass is 218 g/mol. The van der Waals surface area contributed by atoms with E-state index in [-0.39, 0.29) is 0 Å². The van der Waals surface area contributed by atoms with Crippen LogP contribution in [-0.4, -0.2) is 19.0 Å². The lowest BCUT2D eigenvalue weighted by Gasteiger charge is -2.12. The van der Waals surface area contributed by atoms with Crippen LogP contribution in [0.15, 0.2) is 29.3 Å². The van der Waals surface area contributed by atoms with Gasteiger partial charge in [0.1, 0.15) is 5.75 Å². The summed E-state index contributed by atoms with van der Waals surface area (Å²) in [6.07, 6.45) is 1.90. The highest BCUT2D eigenvalue weighted by atomic mass is 16.5. The van der Waals surface area contributed by atoms with Crippen molar-refractivity contribution in [2.24, 2.45) is 16.6 Å². The standard InChI is InChI=1S/C13H18N2O/c1-9-7-13(14)15-12(9)8-10-3-5-11(16-2)6-4-10/h3-6,9,12H,7-8H2,1-2H3,(H2,14,15)/t9-,12+/m0/s1. The van der Waals surface area contributed by atoms with E-state index in [4.69, 9.17) is 10.5 Å². The molecule has 1 aliphatic heterocycles. The minimum Gasteiger partial charge on any atom is -0.497 e. The Morgan fingerprint density at radius 2 is 2.06 bits per heavy atom. The van der Waals surface area contributed by atoms with Crippen molar-refractivity contribution in [3.63, 3.8) is 0 Å². The number of hydrogen-bond donors (Lipinski definition) is 1. The SMILES string of the molecule is COc1ccc(C[C@H]2N=C(N)C[C@@H]2C)cc1. The molecule has 86 valence electrons. The maximum atomic E-state index is 5.74. The fourth-order valence-corrected chi connectivity index (χ4v) is 2.11. The van der Waals surface area contributed by atoms with Gasteiger partial charge in [0.25, 0.3) is 0 Å². The number of nitrogens with zero attached hydrogens (tertiary/aromatic N) is 1. The fraction of sp³-hybridized carbons (Fsp3) is 0.462. The van der Waals surface area contributed by atoms with Crippen molar-refractivity contribution in [3.05, 3.63) is 29.8 Å². The molecular formula is C13H18N2O. The minimum absolute atomic E-state index is 0.341. The second kappa shape index (κ2) is 4.56. The Morgan fingerprint density at radius 1 is 1.38 bits per heavy atom. The van der Waals surface area contributed by atoms with E-state index >= 15 is 0 Å². The van der Waals surface area contributed by atoms with E-state index in [1.165, 1.54) is 5.56 Å². The van der Waals surface area contributed by atoms with Crippen LogP contribution >= 0.6 is 0 Å². The van der Waals surface area contributed by atoms with Crippen LogP contribution in [-0.2, 0) is 6.42 Å². The minimum atomic E-state index is 0.341. The van der Waals surface area contributed by atoms with Crippen LogP contribution < -0.4 is 10.5 Å². The molecule has 16 heavy (non-hydrogen) atoms. The van der Waals surface area contributed by atoms with Gasteiger partial charge in [0.05, 0.1) is 19.0 Å². The number of ether oxygens (including phenoxy) is 1. The summed E-state index contributed by atoms with van der Waals surface area (Å²) in [4.78, 5) is 4.47. The summed E-state index contributed by atoms with van der Waals surface area (Å²) >= 11 is 0. The van der Waals surface area contributed by atoms with Gasteiger partial charge in [-0.25, -0.2) is 0 Å². The third-order valence-electron chi connectivity index (χ3n) is 3.12. The Hall–Kier alpha value is -1.51. The molecular weight excluding hydrogens is 200 g/mol. The van der Waals surface area contributed by atoms with Crippen molar-refractivity contribution < 1.29 is 4.74 Å². The van der Waals surface area contributed by atoms with Gasteiger partial charge in [-0.1, -0.05) is 19.1 Å². The maximum Gasteiger partial charge on any atom is 0.118 e. The number of methoxy groups -OCH3 is 1. The molecule has 2 N–H and O–H groups in total. The molecule has 0 bridgehead atoms. The van der Waals surface area contributed by atoms with E-state index in [2.05, 4.69) is 24.0 Å². The van der Waals surface area contributed by atoms with Crippen LogP contribution in [0.3, 0.4) is 0 Å². The number of hydrogen-bond acceptors (Lipinski definition) is 3. The summed E-state index contributed by atoms with van der Waals surface area (Å²) in [6, 6.07) is 8.50. The summed E-state index contributed by atoms with van der Waals surface area (Å²) < 4.78 is 5.13. The maximum absolute atomic E-state index is 5.74. The van der Waals surface area contributed by atoms with E-state index in [0.29, 0.717) is 12.0 Å². The summed E-state index contributed by atoms with van der Waals surface area (Å²) in [5.74, 6) is 2.25. The number of nitrogens with two attached hydrogens (primary N) is 1. The molecule has 2 atom stereocenters. The Bertz CT molecular complexity index is 383. The van der Waals surface area contributed by atoms with Crippen molar-refractivity contribution in [2.75, 3.05) is 7.11 Å². The van der Waals surface area contributed by atoms with Crippen LogP contribution in [0.2, 0.25) is 0 Å². The van der Waals surface area contributed by atoms with Crippen LogP contribution in [0.4, 0.5) is 0 Å². The van der Waals surface area contributed by atoms with Crippen LogP contribution in [0.1, 0.15) is 18.9 Å². The molecule has 0 unspecified atom stereocenters. The summed E-state index contributed by atoms with van der Waals surface area (Å²) in [7, 11) is 1.68. The van der Waals surface area contributed by atoms with E-state index in [0.717, 1.165) is 24.4 Å². The molecule has 0 aliphatic carbocycles. The van der Waals surface area contributed by atoms with Gasteiger partial charge in [-0.15, -0.1) is 0 Å². The Balaban J connectivity index is 2.03. The molecule has 0 spiro atoms. The van der Waals surface area contributed by atoms with Gasteiger partial charge in [-0.05, 0) is 30.0 Å². The first-order valence-electron chi connectivity index (χ1n) is 5.64. The number of benzene rings is 1. The summed E-state index contributed by atoms with van der Waals surface area (Å²) in [5.41, 5.74) is 7.03. The van der Waals surface area contributed by atoms with Crippen LogP contribution in [0, 0.1) is 5.92 Å². The Kier molecular flexibility index (Phi) is 3.13. The second-order valence-electron chi connectivity index (χ2n) is 4.42. The molecule has 0 radical (unpaired) electrons. The smallest absolute Gasteiger partial charge is 0.118 e. The molecule has 0 aromatic heterocycles. The topological polar surface area (TPSA) is 47.6 Å². The van der Waals surface area contributed by atoms with Gasteiger partial charge in [-0.2, -0.15) is 0 Å². The van der Waals surface area contributed by atoms with Crippen molar-refractivity contribution in [1.29, 1.82) is 0 Å². The Labute approximate surface area is 96.3 Å². The first-order valence-corrected chi connectivity index (χ1v) is 5.64. The lowest BCUT2D eigenvalue weighted by atomic mass is 9.95.